The summed E-state index contributed by atoms with van der Waals surface area (Å²) in [6.45, 7) is 4.56. The highest BCUT2D eigenvalue weighted by Gasteiger charge is 2.41. The molecule has 2 aliphatic heterocycles. The summed E-state index contributed by atoms with van der Waals surface area (Å²) in [5.74, 6) is -1.13. The zero-order chi connectivity index (χ0) is 23.5. The molecule has 0 aliphatic carbocycles. The first-order valence-corrected chi connectivity index (χ1v) is 11.0. The summed E-state index contributed by atoms with van der Waals surface area (Å²) < 4.78 is 13.2. The summed E-state index contributed by atoms with van der Waals surface area (Å²) in [4.78, 5) is 43.7. The van der Waals surface area contributed by atoms with E-state index in [-0.39, 0.29) is 30.1 Å². The second kappa shape index (κ2) is 9.54. The molecule has 0 unspecified atom stereocenters. The van der Waals surface area contributed by atoms with E-state index in [9.17, 15) is 18.8 Å². The minimum absolute atomic E-state index is 0.181. The van der Waals surface area contributed by atoms with Crippen molar-refractivity contribution in [3.8, 4) is 0 Å². The standard InChI is InChI=1S/C25H27FN4O3/c1-17(31)27-21-9-5-19(6-10-21)22-23(29-15-13-28(2)14-16-29)25(33)30(24(22)32)12-11-18-3-7-20(26)8-4-18/h3-10H,11-16H2,1-2H3,(H,27,31). The topological polar surface area (TPSA) is 73.0 Å². The van der Waals surface area contributed by atoms with Gasteiger partial charge in [-0.25, -0.2) is 4.39 Å². The molecule has 3 amide bonds. The number of amides is 3. The highest BCUT2D eigenvalue weighted by atomic mass is 19.1. The molecule has 0 spiro atoms. The lowest BCUT2D eigenvalue weighted by Crippen LogP contribution is -2.46. The van der Waals surface area contributed by atoms with Crippen LogP contribution in [0.4, 0.5) is 10.1 Å². The molecule has 0 radical (unpaired) electrons. The Morgan fingerprint density at radius 2 is 1.58 bits per heavy atom. The van der Waals surface area contributed by atoms with Crippen molar-refractivity contribution in [2.24, 2.45) is 0 Å². The number of piperazine rings is 1. The van der Waals surface area contributed by atoms with Gasteiger partial charge < -0.3 is 15.1 Å². The van der Waals surface area contributed by atoms with Crippen LogP contribution in [0, 0.1) is 5.82 Å². The third-order valence-corrected chi connectivity index (χ3v) is 5.99. The molecule has 4 rings (SSSR count). The molecule has 1 saturated heterocycles. The van der Waals surface area contributed by atoms with Gasteiger partial charge in [-0.3, -0.25) is 19.3 Å². The molecule has 0 saturated carbocycles. The molecule has 172 valence electrons. The van der Waals surface area contributed by atoms with Crippen LogP contribution in [0.5, 0.6) is 0 Å². The van der Waals surface area contributed by atoms with Crippen molar-refractivity contribution in [3.05, 3.63) is 71.2 Å². The molecular weight excluding hydrogens is 423 g/mol. The molecule has 2 aromatic carbocycles. The number of hydrogen-bond acceptors (Lipinski definition) is 5. The molecule has 8 heteroatoms. The Morgan fingerprint density at radius 1 is 0.939 bits per heavy atom. The molecule has 2 heterocycles. The maximum atomic E-state index is 13.5. The molecule has 7 nitrogen and oxygen atoms in total. The van der Waals surface area contributed by atoms with E-state index in [1.54, 1.807) is 36.4 Å². The number of carbonyl (C=O) groups is 3. The smallest absolute Gasteiger partial charge is 0.277 e. The number of hydrogen-bond donors (Lipinski definition) is 1. The van der Waals surface area contributed by atoms with Gasteiger partial charge >= 0.3 is 0 Å². The Kier molecular flexibility index (Phi) is 6.55. The SMILES string of the molecule is CC(=O)Nc1ccc(C2=C(N3CCN(C)CC3)C(=O)N(CCc3ccc(F)cc3)C2=O)cc1. The van der Waals surface area contributed by atoms with Gasteiger partial charge in [-0.05, 0) is 48.9 Å². The highest BCUT2D eigenvalue weighted by Crippen LogP contribution is 2.33. The number of imide groups is 1. The van der Waals surface area contributed by atoms with Crippen LogP contribution in [0.15, 0.2) is 54.2 Å². The third-order valence-electron chi connectivity index (χ3n) is 5.99. The number of nitrogens with zero attached hydrogens (tertiary/aromatic N) is 3. The zero-order valence-electron chi connectivity index (χ0n) is 18.8. The second-order valence-electron chi connectivity index (χ2n) is 8.41. The fourth-order valence-electron chi connectivity index (χ4n) is 4.17. The lowest BCUT2D eigenvalue weighted by Gasteiger charge is -2.34. The van der Waals surface area contributed by atoms with E-state index >= 15 is 0 Å². The lowest BCUT2D eigenvalue weighted by molar-refractivity contribution is -0.137. The van der Waals surface area contributed by atoms with Gasteiger partial charge in [0, 0.05) is 45.3 Å². The predicted molar refractivity (Wildman–Crippen MR) is 124 cm³/mol. The summed E-state index contributed by atoms with van der Waals surface area (Å²) in [5, 5.41) is 2.71. The van der Waals surface area contributed by atoms with Crippen molar-refractivity contribution in [1.29, 1.82) is 0 Å². The van der Waals surface area contributed by atoms with Crippen LogP contribution >= 0.6 is 0 Å². The Hall–Kier alpha value is -3.52. The number of halogens is 1. The Balaban J connectivity index is 1.62. The average molecular weight is 451 g/mol. The van der Waals surface area contributed by atoms with Gasteiger partial charge in [0.05, 0.1) is 5.57 Å². The van der Waals surface area contributed by atoms with E-state index in [0.717, 1.165) is 18.7 Å². The van der Waals surface area contributed by atoms with Gasteiger partial charge in [0.25, 0.3) is 11.8 Å². The lowest BCUT2D eigenvalue weighted by atomic mass is 10.0. The first kappa shape index (κ1) is 22.7. The molecule has 0 atom stereocenters. The summed E-state index contributed by atoms with van der Waals surface area (Å²) in [6.07, 6.45) is 0.447. The van der Waals surface area contributed by atoms with Crippen molar-refractivity contribution >= 4 is 29.0 Å². The minimum Gasteiger partial charge on any atom is -0.364 e. The first-order chi connectivity index (χ1) is 15.8. The third kappa shape index (κ3) is 4.96. The van der Waals surface area contributed by atoms with E-state index in [1.165, 1.54) is 24.0 Å². The molecule has 33 heavy (non-hydrogen) atoms. The average Bonchev–Trinajstić information content (AvgIpc) is 3.04. The van der Waals surface area contributed by atoms with Crippen LogP contribution in [0.1, 0.15) is 18.1 Å². The van der Waals surface area contributed by atoms with Crippen LogP contribution < -0.4 is 5.32 Å². The molecular formula is C25H27FN4O3. The Labute approximate surface area is 192 Å². The number of anilines is 1. The summed E-state index contributed by atoms with van der Waals surface area (Å²) >= 11 is 0. The monoisotopic (exact) mass is 450 g/mol. The fourth-order valence-corrected chi connectivity index (χ4v) is 4.17. The van der Waals surface area contributed by atoms with Crippen molar-refractivity contribution in [3.63, 3.8) is 0 Å². The van der Waals surface area contributed by atoms with Crippen LogP contribution in [0.25, 0.3) is 5.57 Å². The van der Waals surface area contributed by atoms with Gasteiger partial charge in [0.15, 0.2) is 0 Å². The zero-order valence-corrected chi connectivity index (χ0v) is 18.8. The molecule has 2 aromatic rings. The Bertz CT molecular complexity index is 1090. The predicted octanol–water partition coefficient (Wildman–Crippen LogP) is 2.35. The van der Waals surface area contributed by atoms with Gasteiger partial charge in [-0.1, -0.05) is 24.3 Å². The Morgan fingerprint density at radius 3 is 2.18 bits per heavy atom. The molecule has 1 fully saturated rings. The van der Waals surface area contributed by atoms with Crippen LogP contribution in [-0.2, 0) is 20.8 Å². The van der Waals surface area contributed by atoms with E-state index in [1.807, 2.05) is 11.9 Å². The number of carbonyl (C=O) groups excluding carboxylic acids is 3. The normalized spacial score (nSPS) is 17.2. The summed E-state index contributed by atoms with van der Waals surface area (Å²) in [7, 11) is 2.03. The van der Waals surface area contributed by atoms with E-state index < -0.39 is 0 Å². The first-order valence-electron chi connectivity index (χ1n) is 11.0. The van der Waals surface area contributed by atoms with Gasteiger partial charge in [-0.15, -0.1) is 0 Å². The van der Waals surface area contributed by atoms with Crippen molar-refractivity contribution in [2.45, 2.75) is 13.3 Å². The fraction of sp³-hybridized carbons (Fsp3) is 0.320. The van der Waals surface area contributed by atoms with Gasteiger partial charge in [-0.2, -0.15) is 0 Å². The highest BCUT2D eigenvalue weighted by molar-refractivity contribution is 6.35. The van der Waals surface area contributed by atoms with Crippen molar-refractivity contribution in [2.75, 3.05) is 45.1 Å². The maximum Gasteiger partial charge on any atom is 0.277 e. The molecule has 2 aliphatic rings. The van der Waals surface area contributed by atoms with Gasteiger partial charge in [0.2, 0.25) is 5.91 Å². The maximum absolute atomic E-state index is 13.5. The molecule has 1 N–H and O–H groups in total. The van der Waals surface area contributed by atoms with E-state index in [0.29, 0.717) is 42.0 Å². The van der Waals surface area contributed by atoms with E-state index in [2.05, 4.69) is 10.2 Å². The van der Waals surface area contributed by atoms with Crippen LogP contribution in [0.3, 0.4) is 0 Å². The summed E-state index contributed by atoms with van der Waals surface area (Å²) in [6, 6.07) is 13.0. The minimum atomic E-state index is -0.330. The number of benzene rings is 2. The van der Waals surface area contributed by atoms with Crippen molar-refractivity contribution in [1.82, 2.24) is 14.7 Å². The van der Waals surface area contributed by atoms with Crippen LogP contribution in [-0.4, -0.2) is 72.2 Å². The number of rotatable bonds is 6. The van der Waals surface area contributed by atoms with Crippen molar-refractivity contribution < 1.29 is 18.8 Å². The van der Waals surface area contributed by atoms with E-state index in [4.69, 9.17) is 0 Å². The summed E-state index contributed by atoms with van der Waals surface area (Å²) in [5.41, 5.74) is 2.93. The number of nitrogens with one attached hydrogen (secondary N) is 1. The number of likely N-dealkylation sites (N-methyl/N-ethyl adjacent to an activating group) is 1. The quantitative estimate of drug-likeness (QED) is 0.684. The van der Waals surface area contributed by atoms with Crippen LogP contribution in [0.2, 0.25) is 0 Å². The molecule has 0 bridgehead atoms. The second-order valence-corrected chi connectivity index (χ2v) is 8.41. The van der Waals surface area contributed by atoms with Gasteiger partial charge in [0.1, 0.15) is 11.5 Å². The molecule has 0 aromatic heterocycles. The largest absolute Gasteiger partial charge is 0.364 e.